The fraction of sp³-hybridized carbons (Fsp3) is 0.538. The molecule has 0 aliphatic rings. The number of carbonyl (C=O) groups excluding carboxylic acids is 1. The van der Waals surface area contributed by atoms with Crippen LogP contribution in [0.15, 0.2) is 18.5 Å². The molecule has 1 N–H and O–H groups in total. The molecule has 0 fully saturated rings. The zero-order valence-electron chi connectivity index (χ0n) is 11.0. The van der Waals surface area contributed by atoms with E-state index in [4.69, 9.17) is 4.74 Å². The molecule has 0 spiro atoms. The molecule has 0 aromatic carbocycles. The van der Waals surface area contributed by atoms with E-state index >= 15 is 0 Å². The minimum absolute atomic E-state index is 0.340. The van der Waals surface area contributed by atoms with E-state index in [1.807, 2.05) is 20.8 Å². The lowest BCUT2D eigenvalue weighted by Crippen LogP contribution is -2.33. The molecule has 0 aliphatic heterocycles. The van der Waals surface area contributed by atoms with Crippen LogP contribution in [-0.4, -0.2) is 23.2 Å². The Morgan fingerprint density at radius 3 is 2.78 bits per heavy atom. The van der Waals surface area contributed by atoms with Crippen LogP contribution in [0.5, 0.6) is 0 Å². The lowest BCUT2D eigenvalue weighted by atomic mass is 10.1. The van der Waals surface area contributed by atoms with E-state index in [1.165, 1.54) is 12.3 Å². The third-order valence-electron chi connectivity index (χ3n) is 2.07. The Kier molecular flexibility index (Phi) is 5.07. The number of nitrogens with one attached hydrogen (secondary N) is 1. The average molecular weight is 254 g/mol. The highest BCUT2D eigenvalue weighted by molar-refractivity contribution is 5.67. The van der Waals surface area contributed by atoms with Crippen molar-refractivity contribution in [2.45, 2.75) is 39.2 Å². The van der Waals surface area contributed by atoms with E-state index in [1.54, 1.807) is 6.20 Å². The number of aromatic nitrogens is 1. The van der Waals surface area contributed by atoms with E-state index in [-0.39, 0.29) is 5.82 Å². The topological polar surface area (TPSA) is 51.2 Å². The molecule has 0 radical (unpaired) electrons. The summed E-state index contributed by atoms with van der Waals surface area (Å²) < 4.78 is 17.9. The molecule has 1 heterocycles. The predicted molar refractivity (Wildman–Crippen MR) is 66.8 cm³/mol. The van der Waals surface area contributed by atoms with Gasteiger partial charge in [-0.15, -0.1) is 0 Å². The van der Waals surface area contributed by atoms with E-state index in [0.717, 1.165) is 5.56 Å². The number of hydrogen-bond donors (Lipinski definition) is 1. The number of hydrogen-bond acceptors (Lipinski definition) is 3. The fourth-order valence-corrected chi connectivity index (χ4v) is 1.39. The molecule has 1 aromatic rings. The number of aryl methyl sites for hydroxylation is 1. The molecule has 0 bridgehead atoms. The van der Waals surface area contributed by atoms with Gasteiger partial charge in [0.15, 0.2) is 0 Å². The minimum Gasteiger partial charge on any atom is -0.444 e. The number of carbonyl (C=O) groups is 1. The number of alkyl carbamates (subject to hydrolysis) is 1. The summed E-state index contributed by atoms with van der Waals surface area (Å²) in [5.41, 5.74) is 0.331. The summed E-state index contributed by atoms with van der Waals surface area (Å²) in [5, 5.41) is 2.65. The number of halogens is 1. The molecule has 100 valence electrons. The normalized spacial score (nSPS) is 11.1. The molecule has 5 heteroatoms. The smallest absolute Gasteiger partial charge is 0.407 e. The van der Waals surface area contributed by atoms with Crippen molar-refractivity contribution in [1.82, 2.24) is 10.3 Å². The van der Waals surface area contributed by atoms with E-state index < -0.39 is 11.7 Å². The maximum atomic E-state index is 12.8. The lowest BCUT2D eigenvalue weighted by Gasteiger charge is -2.19. The van der Waals surface area contributed by atoms with Gasteiger partial charge in [0.1, 0.15) is 11.4 Å². The first-order chi connectivity index (χ1) is 8.37. The number of ether oxygens (including phenoxy) is 1. The monoisotopic (exact) mass is 254 g/mol. The Hall–Kier alpha value is -1.65. The lowest BCUT2D eigenvalue weighted by molar-refractivity contribution is 0.0527. The highest BCUT2D eigenvalue weighted by Crippen LogP contribution is 2.07. The summed E-state index contributed by atoms with van der Waals surface area (Å²) in [6, 6.07) is 1.44. The highest BCUT2D eigenvalue weighted by atomic mass is 19.1. The van der Waals surface area contributed by atoms with Crippen LogP contribution in [0.4, 0.5) is 9.18 Å². The molecule has 0 unspecified atom stereocenters. The number of amides is 1. The maximum Gasteiger partial charge on any atom is 0.407 e. The first-order valence-corrected chi connectivity index (χ1v) is 5.93. The summed E-state index contributed by atoms with van der Waals surface area (Å²) in [7, 11) is 0. The molecule has 0 saturated heterocycles. The fourth-order valence-electron chi connectivity index (χ4n) is 1.39. The molecule has 0 saturated carbocycles. The van der Waals surface area contributed by atoms with Crippen LogP contribution in [0.3, 0.4) is 0 Å². The van der Waals surface area contributed by atoms with Gasteiger partial charge in [0.05, 0.1) is 6.20 Å². The summed E-state index contributed by atoms with van der Waals surface area (Å²) in [5.74, 6) is -0.340. The molecule has 4 nitrogen and oxygen atoms in total. The SMILES string of the molecule is CC(C)(C)OC(=O)NCCCc1cncc(F)c1. The van der Waals surface area contributed by atoms with Crippen molar-refractivity contribution in [2.75, 3.05) is 6.54 Å². The number of pyridine rings is 1. The summed E-state index contributed by atoms with van der Waals surface area (Å²) in [6.07, 6.45) is 3.74. The summed E-state index contributed by atoms with van der Waals surface area (Å²) in [4.78, 5) is 15.1. The zero-order valence-corrected chi connectivity index (χ0v) is 11.0. The first-order valence-electron chi connectivity index (χ1n) is 5.93. The molecule has 1 amide bonds. The van der Waals surface area contributed by atoms with E-state index in [2.05, 4.69) is 10.3 Å². The largest absolute Gasteiger partial charge is 0.444 e. The minimum atomic E-state index is -0.490. The van der Waals surface area contributed by atoms with Crippen LogP contribution in [0, 0.1) is 5.82 Å². The third-order valence-corrected chi connectivity index (χ3v) is 2.07. The quantitative estimate of drug-likeness (QED) is 0.840. The maximum absolute atomic E-state index is 12.8. The molecular formula is C13H19FN2O2. The number of rotatable bonds is 4. The van der Waals surface area contributed by atoms with Gasteiger partial charge in [0.25, 0.3) is 0 Å². The zero-order chi connectivity index (χ0) is 13.6. The second kappa shape index (κ2) is 6.33. The van der Waals surface area contributed by atoms with Gasteiger partial charge in [-0.3, -0.25) is 4.98 Å². The van der Waals surface area contributed by atoms with Gasteiger partial charge < -0.3 is 10.1 Å². The van der Waals surface area contributed by atoms with Gasteiger partial charge in [0.2, 0.25) is 0 Å². The van der Waals surface area contributed by atoms with Crippen LogP contribution in [-0.2, 0) is 11.2 Å². The Morgan fingerprint density at radius 1 is 1.44 bits per heavy atom. The Balaban J connectivity index is 2.21. The van der Waals surface area contributed by atoms with Gasteiger partial charge in [-0.25, -0.2) is 9.18 Å². The molecule has 1 aromatic heterocycles. The van der Waals surface area contributed by atoms with Crippen molar-refractivity contribution in [2.24, 2.45) is 0 Å². The Labute approximate surface area is 107 Å². The molecular weight excluding hydrogens is 235 g/mol. The van der Waals surface area contributed by atoms with Crippen molar-refractivity contribution >= 4 is 6.09 Å². The van der Waals surface area contributed by atoms with Gasteiger partial charge in [-0.2, -0.15) is 0 Å². The van der Waals surface area contributed by atoms with Crippen LogP contribution in [0.2, 0.25) is 0 Å². The predicted octanol–water partition coefficient (Wildman–Crippen LogP) is 2.68. The van der Waals surface area contributed by atoms with Crippen molar-refractivity contribution in [3.8, 4) is 0 Å². The first kappa shape index (κ1) is 14.4. The molecule has 0 atom stereocenters. The van der Waals surface area contributed by atoms with Crippen molar-refractivity contribution in [3.05, 3.63) is 29.8 Å². The molecule has 18 heavy (non-hydrogen) atoms. The average Bonchev–Trinajstić information content (AvgIpc) is 2.22. The molecule has 0 aliphatic carbocycles. The van der Waals surface area contributed by atoms with Crippen LogP contribution >= 0.6 is 0 Å². The van der Waals surface area contributed by atoms with Gasteiger partial charge in [0, 0.05) is 12.7 Å². The Morgan fingerprint density at radius 2 is 2.17 bits per heavy atom. The van der Waals surface area contributed by atoms with Crippen LogP contribution in [0.1, 0.15) is 32.8 Å². The van der Waals surface area contributed by atoms with Gasteiger partial charge >= 0.3 is 6.09 Å². The second-order valence-electron chi connectivity index (χ2n) is 5.04. The number of nitrogens with zero attached hydrogens (tertiary/aromatic N) is 1. The van der Waals surface area contributed by atoms with Crippen LogP contribution < -0.4 is 5.32 Å². The standard InChI is InChI=1S/C13H19FN2O2/c1-13(2,3)18-12(17)16-6-4-5-10-7-11(14)9-15-8-10/h7-9H,4-6H2,1-3H3,(H,16,17). The van der Waals surface area contributed by atoms with Gasteiger partial charge in [-0.05, 0) is 45.2 Å². The van der Waals surface area contributed by atoms with E-state index in [9.17, 15) is 9.18 Å². The van der Waals surface area contributed by atoms with Crippen molar-refractivity contribution < 1.29 is 13.9 Å². The molecule has 1 rings (SSSR count). The Bertz CT molecular complexity index is 402. The van der Waals surface area contributed by atoms with Crippen molar-refractivity contribution in [3.63, 3.8) is 0 Å². The van der Waals surface area contributed by atoms with Gasteiger partial charge in [-0.1, -0.05) is 0 Å². The second-order valence-corrected chi connectivity index (χ2v) is 5.04. The highest BCUT2D eigenvalue weighted by Gasteiger charge is 2.15. The van der Waals surface area contributed by atoms with E-state index in [0.29, 0.717) is 19.4 Å². The van der Waals surface area contributed by atoms with Crippen LogP contribution in [0.25, 0.3) is 0 Å². The third kappa shape index (κ3) is 6.18. The summed E-state index contributed by atoms with van der Waals surface area (Å²) in [6.45, 7) is 5.92. The van der Waals surface area contributed by atoms with Crippen molar-refractivity contribution in [1.29, 1.82) is 0 Å². The summed E-state index contributed by atoms with van der Waals surface area (Å²) >= 11 is 0.